The van der Waals surface area contributed by atoms with E-state index in [9.17, 15) is 14.9 Å². The molecule has 8 heteroatoms. The lowest BCUT2D eigenvalue weighted by Crippen LogP contribution is -2.27. The Morgan fingerprint density at radius 3 is 2.62 bits per heavy atom. The van der Waals surface area contributed by atoms with Crippen molar-refractivity contribution < 1.29 is 14.6 Å². The molecule has 24 heavy (non-hydrogen) atoms. The minimum Gasteiger partial charge on any atom is -0.381 e. The molecule has 1 unspecified atom stereocenters. The molecule has 1 amide bonds. The molecule has 0 aliphatic heterocycles. The van der Waals surface area contributed by atoms with E-state index in [0.717, 1.165) is 0 Å². The number of amides is 1. The second-order valence-corrected chi connectivity index (χ2v) is 4.89. The van der Waals surface area contributed by atoms with Crippen LogP contribution in [0.3, 0.4) is 0 Å². The standard InChI is InChI=1S/C16H16N4O4/c1-11(24-19-15(17)12-6-3-2-4-7-12)16(21)18-13-8-5-9-14(10-13)20(22)23/h2-11H,1H3,(H2,17,19)(H,18,21). The number of nitro groups is 1. The fraction of sp³-hybridized carbons (Fsp3) is 0.125. The van der Waals surface area contributed by atoms with E-state index in [-0.39, 0.29) is 11.5 Å². The molecule has 2 aromatic rings. The Morgan fingerprint density at radius 1 is 1.25 bits per heavy atom. The Hall–Kier alpha value is -3.42. The molecule has 2 rings (SSSR count). The molecule has 0 aliphatic carbocycles. The van der Waals surface area contributed by atoms with E-state index in [0.29, 0.717) is 11.3 Å². The number of amidine groups is 1. The van der Waals surface area contributed by atoms with Crippen molar-refractivity contribution >= 4 is 23.1 Å². The van der Waals surface area contributed by atoms with Gasteiger partial charge in [-0.2, -0.15) is 0 Å². The van der Waals surface area contributed by atoms with Crippen molar-refractivity contribution in [2.45, 2.75) is 13.0 Å². The molecule has 2 aromatic carbocycles. The number of rotatable bonds is 6. The second-order valence-electron chi connectivity index (χ2n) is 4.89. The van der Waals surface area contributed by atoms with Gasteiger partial charge in [0.25, 0.3) is 11.6 Å². The fourth-order valence-corrected chi connectivity index (χ4v) is 1.79. The maximum Gasteiger partial charge on any atom is 0.271 e. The summed E-state index contributed by atoms with van der Waals surface area (Å²) in [6.45, 7) is 1.49. The molecule has 8 nitrogen and oxygen atoms in total. The minimum atomic E-state index is -0.925. The Labute approximate surface area is 138 Å². The molecular weight excluding hydrogens is 312 g/mol. The molecule has 0 saturated carbocycles. The first-order chi connectivity index (χ1) is 11.5. The highest BCUT2D eigenvalue weighted by Crippen LogP contribution is 2.17. The van der Waals surface area contributed by atoms with Crippen LogP contribution in [0.5, 0.6) is 0 Å². The molecule has 0 bridgehead atoms. The van der Waals surface area contributed by atoms with Gasteiger partial charge in [-0.15, -0.1) is 0 Å². The summed E-state index contributed by atoms with van der Waals surface area (Å²) >= 11 is 0. The van der Waals surface area contributed by atoms with Crippen molar-refractivity contribution in [2.75, 3.05) is 5.32 Å². The number of nitrogens with one attached hydrogen (secondary N) is 1. The Balaban J connectivity index is 1.97. The van der Waals surface area contributed by atoms with Crippen molar-refractivity contribution in [1.82, 2.24) is 0 Å². The number of benzene rings is 2. The van der Waals surface area contributed by atoms with E-state index >= 15 is 0 Å². The number of nitro benzene ring substituents is 1. The molecule has 124 valence electrons. The topological polar surface area (TPSA) is 120 Å². The van der Waals surface area contributed by atoms with E-state index in [1.54, 1.807) is 30.3 Å². The molecule has 3 N–H and O–H groups in total. The Bertz CT molecular complexity index is 762. The molecule has 0 aliphatic rings. The van der Waals surface area contributed by atoms with Crippen LogP contribution in [0.4, 0.5) is 11.4 Å². The van der Waals surface area contributed by atoms with Gasteiger partial charge in [-0.05, 0) is 13.0 Å². The summed E-state index contributed by atoms with van der Waals surface area (Å²) in [5.41, 5.74) is 6.62. The lowest BCUT2D eigenvalue weighted by molar-refractivity contribution is -0.384. The first-order valence-electron chi connectivity index (χ1n) is 7.07. The van der Waals surface area contributed by atoms with E-state index < -0.39 is 16.9 Å². The normalized spacial score (nSPS) is 12.3. The van der Waals surface area contributed by atoms with Crippen molar-refractivity contribution in [3.05, 3.63) is 70.3 Å². The first kappa shape index (κ1) is 16.9. The number of nitrogens with two attached hydrogens (primary N) is 1. The predicted molar refractivity (Wildman–Crippen MR) is 89.4 cm³/mol. The quantitative estimate of drug-likeness (QED) is 0.365. The van der Waals surface area contributed by atoms with Gasteiger partial charge in [0.15, 0.2) is 5.84 Å². The number of oxime groups is 1. The number of carbonyl (C=O) groups is 1. The van der Waals surface area contributed by atoms with Crippen LogP contribution in [-0.4, -0.2) is 22.8 Å². The van der Waals surface area contributed by atoms with E-state index in [1.165, 1.54) is 25.1 Å². The van der Waals surface area contributed by atoms with Gasteiger partial charge >= 0.3 is 0 Å². The Morgan fingerprint density at radius 2 is 1.96 bits per heavy atom. The second kappa shape index (κ2) is 7.73. The van der Waals surface area contributed by atoms with E-state index in [1.807, 2.05) is 6.07 Å². The number of anilines is 1. The van der Waals surface area contributed by atoms with Gasteiger partial charge in [0, 0.05) is 23.4 Å². The third-order valence-electron chi connectivity index (χ3n) is 3.07. The molecule has 0 spiro atoms. The summed E-state index contributed by atoms with van der Waals surface area (Å²) in [6, 6.07) is 14.6. The van der Waals surface area contributed by atoms with Crippen LogP contribution >= 0.6 is 0 Å². The zero-order chi connectivity index (χ0) is 17.5. The van der Waals surface area contributed by atoms with E-state index in [2.05, 4.69) is 10.5 Å². The van der Waals surface area contributed by atoms with Crippen LogP contribution < -0.4 is 11.1 Å². The first-order valence-corrected chi connectivity index (χ1v) is 7.07. The SMILES string of the molecule is CC(O/N=C(\N)c1ccccc1)C(=O)Nc1cccc([N+](=O)[O-])c1. The van der Waals surface area contributed by atoms with Gasteiger partial charge < -0.3 is 15.9 Å². The third-order valence-corrected chi connectivity index (χ3v) is 3.07. The number of carbonyl (C=O) groups excluding carboxylic acids is 1. The van der Waals surface area contributed by atoms with Crippen LogP contribution in [0.2, 0.25) is 0 Å². The van der Waals surface area contributed by atoms with Gasteiger partial charge in [-0.1, -0.05) is 41.6 Å². The number of hydrogen-bond acceptors (Lipinski definition) is 5. The maximum atomic E-state index is 12.0. The zero-order valence-electron chi connectivity index (χ0n) is 12.9. The third kappa shape index (κ3) is 4.54. The largest absolute Gasteiger partial charge is 0.381 e. The summed E-state index contributed by atoms with van der Waals surface area (Å²) in [5.74, 6) is -0.356. The molecule has 1 atom stereocenters. The highest BCUT2D eigenvalue weighted by molar-refractivity contribution is 5.97. The smallest absolute Gasteiger partial charge is 0.271 e. The molecule has 0 saturated heterocycles. The van der Waals surface area contributed by atoms with E-state index in [4.69, 9.17) is 10.6 Å². The van der Waals surface area contributed by atoms with Crippen molar-refractivity contribution in [2.24, 2.45) is 10.9 Å². The van der Waals surface area contributed by atoms with Gasteiger partial charge in [-0.25, -0.2) is 0 Å². The lowest BCUT2D eigenvalue weighted by Gasteiger charge is -2.11. The minimum absolute atomic E-state index is 0.118. The average Bonchev–Trinajstić information content (AvgIpc) is 2.60. The van der Waals surface area contributed by atoms with Crippen molar-refractivity contribution in [1.29, 1.82) is 0 Å². The number of hydrogen-bond donors (Lipinski definition) is 2. The highest BCUT2D eigenvalue weighted by atomic mass is 16.6. The van der Waals surface area contributed by atoms with Crippen LogP contribution in [0, 0.1) is 10.1 Å². The molecule has 0 radical (unpaired) electrons. The summed E-state index contributed by atoms with van der Waals surface area (Å²) in [6.07, 6.45) is -0.925. The van der Waals surface area contributed by atoms with Crippen LogP contribution in [0.15, 0.2) is 59.8 Å². The van der Waals surface area contributed by atoms with Crippen LogP contribution in [0.25, 0.3) is 0 Å². The van der Waals surface area contributed by atoms with Gasteiger partial charge in [0.05, 0.1) is 4.92 Å². The fourth-order valence-electron chi connectivity index (χ4n) is 1.79. The van der Waals surface area contributed by atoms with Gasteiger partial charge in [-0.3, -0.25) is 14.9 Å². The zero-order valence-corrected chi connectivity index (χ0v) is 12.9. The molecule has 0 aromatic heterocycles. The number of nitrogens with zero attached hydrogens (tertiary/aromatic N) is 2. The highest BCUT2D eigenvalue weighted by Gasteiger charge is 2.16. The summed E-state index contributed by atoms with van der Waals surface area (Å²) in [5, 5.41) is 17.0. The summed E-state index contributed by atoms with van der Waals surface area (Å²) in [7, 11) is 0. The maximum absolute atomic E-state index is 12.0. The summed E-state index contributed by atoms with van der Waals surface area (Å²) < 4.78 is 0. The molecule has 0 heterocycles. The number of non-ortho nitro benzene ring substituents is 1. The predicted octanol–water partition coefficient (Wildman–Crippen LogP) is 2.26. The summed E-state index contributed by atoms with van der Waals surface area (Å²) in [4.78, 5) is 27.3. The van der Waals surface area contributed by atoms with Crippen LogP contribution in [0.1, 0.15) is 12.5 Å². The monoisotopic (exact) mass is 328 g/mol. The van der Waals surface area contributed by atoms with Crippen LogP contribution in [-0.2, 0) is 9.63 Å². The molecular formula is C16H16N4O4. The van der Waals surface area contributed by atoms with Crippen molar-refractivity contribution in [3.8, 4) is 0 Å². The van der Waals surface area contributed by atoms with Gasteiger partial charge in [0.2, 0.25) is 6.10 Å². The Kier molecular flexibility index (Phi) is 5.45. The lowest BCUT2D eigenvalue weighted by atomic mass is 10.2. The average molecular weight is 328 g/mol. The van der Waals surface area contributed by atoms with Crippen molar-refractivity contribution in [3.63, 3.8) is 0 Å². The van der Waals surface area contributed by atoms with Gasteiger partial charge in [0.1, 0.15) is 0 Å². The molecule has 0 fully saturated rings.